The van der Waals surface area contributed by atoms with Gasteiger partial charge in [0.05, 0.1) is 17.2 Å². The van der Waals surface area contributed by atoms with Gasteiger partial charge in [0.15, 0.2) is 0 Å². The lowest BCUT2D eigenvalue weighted by molar-refractivity contribution is 0.0880. The molecule has 0 aliphatic carbocycles. The van der Waals surface area contributed by atoms with Crippen molar-refractivity contribution in [2.75, 3.05) is 13.1 Å². The van der Waals surface area contributed by atoms with Gasteiger partial charge in [0.25, 0.3) is 5.91 Å². The summed E-state index contributed by atoms with van der Waals surface area (Å²) in [5.74, 6) is -0.714. The van der Waals surface area contributed by atoms with Crippen LogP contribution >= 0.6 is 22.9 Å². The molecule has 27 heavy (non-hydrogen) atoms. The maximum Gasteiger partial charge on any atom is 0.251 e. The molecule has 0 saturated carbocycles. The van der Waals surface area contributed by atoms with Crippen molar-refractivity contribution in [3.05, 3.63) is 57.0 Å². The van der Waals surface area contributed by atoms with Gasteiger partial charge in [-0.25, -0.2) is 15.2 Å². The summed E-state index contributed by atoms with van der Waals surface area (Å²) in [5.41, 5.74) is 7.18. The van der Waals surface area contributed by atoms with Crippen LogP contribution in [0.1, 0.15) is 40.5 Å². The van der Waals surface area contributed by atoms with Gasteiger partial charge in [-0.05, 0) is 48.9 Å². The third-order valence-corrected chi connectivity index (χ3v) is 6.53. The number of halogens is 2. The van der Waals surface area contributed by atoms with Gasteiger partial charge in [0, 0.05) is 29.6 Å². The molecular weight excluding hydrogens is 387 g/mol. The molecule has 0 bridgehead atoms. The van der Waals surface area contributed by atoms with E-state index in [1.807, 2.05) is 0 Å². The number of piperidine rings is 1. The number of benzene rings is 1. The largest absolute Gasteiger partial charge is 0.349 e. The summed E-state index contributed by atoms with van der Waals surface area (Å²) in [6.07, 6.45) is 3.13. The summed E-state index contributed by atoms with van der Waals surface area (Å²) >= 11 is 7.54. The maximum absolute atomic E-state index is 13.2. The zero-order chi connectivity index (χ0) is 18.8. The second-order valence-corrected chi connectivity index (χ2v) is 8.41. The quantitative estimate of drug-likeness (QED) is 0.726. The highest BCUT2D eigenvalue weighted by molar-refractivity contribution is 7.10. The Morgan fingerprint density at radius 2 is 2.07 bits per heavy atom. The van der Waals surface area contributed by atoms with Gasteiger partial charge in [-0.15, -0.1) is 11.3 Å². The molecule has 2 saturated heterocycles. The molecular formula is C19H22ClFN4OS. The summed E-state index contributed by atoms with van der Waals surface area (Å²) in [4.78, 5) is 16.1. The van der Waals surface area contributed by atoms with E-state index in [0.717, 1.165) is 32.4 Å². The fourth-order valence-electron chi connectivity index (χ4n) is 3.72. The zero-order valence-electron chi connectivity index (χ0n) is 14.8. The SMILES string of the molecule is O=C(NC1CCN(C2CC(c3cccs3)NN2)CC1)c1ccc(F)c(Cl)c1. The van der Waals surface area contributed by atoms with Crippen molar-refractivity contribution in [2.45, 2.75) is 37.5 Å². The summed E-state index contributed by atoms with van der Waals surface area (Å²) in [6.45, 7) is 1.84. The van der Waals surface area contributed by atoms with E-state index in [0.29, 0.717) is 17.8 Å². The van der Waals surface area contributed by atoms with E-state index in [1.54, 1.807) is 11.3 Å². The first-order valence-corrected chi connectivity index (χ1v) is 10.4. The Morgan fingerprint density at radius 1 is 1.26 bits per heavy atom. The maximum atomic E-state index is 13.2. The van der Waals surface area contributed by atoms with Crippen LogP contribution in [0.4, 0.5) is 4.39 Å². The van der Waals surface area contributed by atoms with Crippen LogP contribution in [0, 0.1) is 5.82 Å². The van der Waals surface area contributed by atoms with Crippen LogP contribution in [0.5, 0.6) is 0 Å². The van der Waals surface area contributed by atoms with E-state index in [4.69, 9.17) is 11.6 Å². The lowest BCUT2D eigenvalue weighted by Crippen LogP contribution is -2.51. The van der Waals surface area contributed by atoms with Crippen LogP contribution in [-0.4, -0.2) is 36.1 Å². The Kier molecular flexibility index (Phi) is 5.75. The third kappa shape index (κ3) is 4.33. The molecule has 4 rings (SSSR count). The molecule has 2 aromatic rings. The predicted molar refractivity (Wildman–Crippen MR) is 105 cm³/mol. The molecule has 2 unspecified atom stereocenters. The Bertz CT molecular complexity index is 795. The molecule has 1 aromatic carbocycles. The molecule has 144 valence electrons. The Morgan fingerprint density at radius 3 is 2.78 bits per heavy atom. The first-order chi connectivity index (χ1) is 13.1. The van der Waals surface area contributed by atoms with Gasteiger partial charge in [-0.2, -0.15) is 0 Å². The van der Waals surface area contributed by atoms with Crippen molar-refractivity contribution in [1.29, 1.82) is 0 Å². The van der Waals surface area contributed by atoms with Crippen molar-refractivity contribution in [2.24, 2.45) is 0 Å². The molecule has 5 nitrogen and oxygen atoms in total. The highest BCUT2D eigenvalue weighted by Gasteiger charge is 2.32. The number of likely N-dealkylation sites (tertiary alicyclic amines) is 1. The summed E-state index contributed by atoms with van der Waals surface area (Å²) in [7, 11) is 0. The molecule has 2 aliphatic rings. The zero-order valence-corrected chi connectivity index (χ0v) is 16.3. The van der Waals surface area contributed by atoms with Crippen molar-refractivity contribution < 1.29 is 9.18 Å². The van der Waals surface area contributed by atoms with E-state index in [9.17, 15) is 9.18 Å². The fourth-order valence-corrected chi connectivity index (χ4v) is 4.69. The molecule has 1 amide bonds. The number of hydrogen-bond acceptors (Lipinski definition) is 5. The van der Waals surface area contributed by atoms with Crippen molar-refractivity contribution >= 4 is 28.8 Å². The van der Waals surface area contributed by atoms with Crippen molar-refractivity contribution in [3.63, 3.8) is 0 Å². The minimum absolute atomic E-state index is 0.0300. The number of nitrogens with one attached hydrogen (secondary N) is 3. The number of hydrazine groups is 1. The second-order valence-electron chi connectivity index (χ2n) is 7.02. The van der Waals surface area contributed by atoms with E-state index in [2.05, 4.69) is 38.6 Å². The minimum Gasteiger partial charge on any atom is -0.349 e. The van der Waals surface area contributed by atoms with Gasteiger partial charge < -0.3 is 5.32 Å². The van der Waals surface area contributed by atoms with E-state index >= 15 is 0 Å². The van der Waals surface area contributed by atoms with Crippen molar-refractivity contribution in [1.82, 2.24) is 21.1 Å². The normalized spacial score (nSPS) is 24.2. The van der Waals surface area contributed by atoms with Gasteiger partial charge in [0.1, 0.15) is 5.82 Å². The topological polar surface area (TPSA) is 56.4 Å². The lowest BCUT2D eigenvalue weighted by Gasteiger charge is -2.35. The predicted octanol–water partition coefficient (Wildman–Crippen LogP) is 3.30. The highest BCUT2D eigenvalue weighted by atomic mass is 35.5. The first-order valence-electron chi connectivity index (χ1n) is 9.14. The molecule has 3 N–H and O–H groups in total. The molecule has 0 radical (unpaired) electrons. The Labute approximate surface area is 166 Å². The average Bonchev–Trinajstić information content (AvgIpc) is 3.36. The van der Waals surface area contributed by atoms with Gasteiger partial charge in [-0.3, -0.25) is 9.69 Å². The van der Waals surface area contributed by atoms with Gasteiger partial charge in [-0.1, -0.05) is 17.7 Å². The number of amides is 1. The third-order valence-electron chi connectivity index (χ3n) is 5.26. The van der Waals surface area contributed by atoms with E-state index in [-0.39, 0.29) is 17.0 Å². The molecule has 2 fully saturated rings. The van der Waals surface area contributed by atoms with E-state index < -0.39 is 5.82 Å². The molecule has 2 atom stereocenters. The van der Waals surface area contributed by atoms with Gasteiger partial charge in [0.2, 0.25) is 0 Å². The molecule has 8 heteroatoms. The Balaban J connectivity index is 1.26. The second kappa shape index (κ2) is 8.24. The number of rotatable bonds is 4. The van der Waals surface area contributed by atoms with Crippen LogP contribution in [0.25, 0.3) is 0 Å². The Hall–Kier alpha value is -1.51. The molecule has 0 spiro atoms. The monoisotopic (exact) mass is 408 g/mol. The number of carbonyl (C=O) groups is 1. The molecule has 2 aliphatic heterocycles. The van der Waals surface area contributed by atoms with Crippen molar-refractivity contribution in [3.8, 4) is 0 Å². The molecule has 1 aromatic heterocycles. The summed E-state index contributed by atoms with van der Waals surface area (Å²) < 4.78 is 13.2. The first kappa shape index (κ1) is 18.8. The number of hydrogen-bond donors (Lipinski definition) is 3. The lowest BCUT2D eigenvalue weighted by atomic mass is 10.0. The average molecular weight is 409 g/mol. The number of carbonyl (C=O) groups excluding carboxylic acids is 1. The molecule has 3 heterocycles. The van der Waals surface area contributed by atoms with E-state index in [1.165, 1.54) is 23.1 Å². The van der Waals surface area contributed by atoms with Crippen LogP contribution in [0.15, 0.2) is 35.7 Å². The van der Waals surface area contributed by atoms with Crippen LogP contribution in [0.2, 0.25) is 5.02 Å². The summed E-state index contributed by atoms with van der Waals surface area (Å²) in [6, 6.07) is 8.79. The standard InChI is InChI=1S/C19H22ClFN4OS/c20-14-10-12(3-4-15(14)21)19(26)22-13-5-7-25(8-6-13)18-11-16(23-24-18)17-2-1-9-27-17/h1-4,9-10,13,16,18,23-24H,5-8,11H2,(H,22,26). The number of thiophene rings is 1. The van der Waals surface area contributed by atoms with Crippen LogP contribution < -0.4 is 16.2 Å². The van der Waals surface area contributed by atoms with Gasteiger partial charge >= 0.3 is 0 Å². The van der Waals surface area contributed by atoms with Crippen LogP contribution in [0.3, 0.4) is 0 Å². The smallest absolute Gasteiger partial charge is 0.251 e. The number of nitrogens with zero attached hydrogens (tertiary/aromatic N) is 1. The van der Waals surface area contributed by atoms with Crippen LogP contribution in [-0.2, 0) is 0 Å². The highest BCUT2D eigenvalue weighted by Crippen LogP contribution is 2.28. The minimum atomic E-state index is -0.514. The fraction of sp³-hybridized carbons (Fsp3) is 0.421. The summed E-state index contributed by atoms with van der Waals surface area (Å²) in [5, 5.41) is 5.12.